The lowest BCUT2D eigenvalue weighted by atomic mass is 9.66. The van der Waals surface area contributed by atoms with E-state index in [0.717, 1.165) is 18.8 Å². The normalized spacial score (nSPS) is 40.3. The van der Waals surface area contributed by atoms with Gasteiger partial charge in [0.25, 0.3) is 0 Å². The van der Waals surface area contributed by atoms with Gasteiger partial charge in [-0.05, 0) is 79.9 Å². The second kappa shape index (κ2) is 9.30. The van der Waals surface area contributed by atoms with Crippen LogP contribution in [0.2, 0.25) is 0 Å². The van der Waals surface area contributed by atoms with E-state index in [2.05, 4.69) is 52.5 Å². The molecular formula is C26H42O2S. The Hall–Kier alpha value is -0.540. The van der Waals surface area contributed by atoms with E-state index in [0.29, 0.717) is 27.6 Å². The van der Waals surface area contributed by atoms with E-state index >= 15 is 0 Å². The van der Waals surface area contributed by atoms with E-state index in [1.54, 1.807) is 0 Å². The van der Waals surface area contributed by atoms with Crippen molar-refractivity contribution < 1.29 is 9.90 Å². The van der Waals surface area contributed by atoms with Crippen LogP contribution in [0.4, 0.5) is 0 Å². The maximum Gasteiger partial charge on any atom is 0.155 e. The van der Waals surface area contributed by atoms with E-state index in [1.165, 1.54) is 56.1 Å². The molecule has 29 heavy (non-hydrogen) atoms. The van der Waals surface area contributed by atoms with Gasteiger partial charge in [0.05, 0.1) is 6.61 Å². The van der Waals surface area contributed by atoms with Crippen molar-refractivity contribution in [1.29, 1.82) is 0 Å². The zero-order chi connectivity index (χ0) is 21.2. The first-order valence-electron chi connectivity index (χ1n) is 12.0. The van der Waals surface area contributed by atoms with Crippen LogP contribution in [0.15, 0.2) is 23.3 Å². The van der Waals surface area contributed by atoms with Gasteiger partial charge in [0.1, 0.15) is 0 Å². The van der Waals surface area contributed by atoms with Crippen LogP contribution in [0.3, 0.4) is 0 Å². The van der Waals surface area contributed by atoms with Crippen LogP contribution >= 0.6 is 11.8 Å². The fourth-order valence-electron chi connectivity index (χ4n) is 6.62. The maximum absolute atomic E-state index is 12.2. The SMILES string of the molecule is C/C=C(/CO)C1CCC(CC[C@H]2SC(C)[C@@]3(C)CCC(=O)C=C23)[C@]1(C)CCCC. The van der Waals surface area contributed by atoms with Gasteiger partial charge in [0.15, 0.2) is 5.78 Å². The van der Waals surface area contributed by atoms with Gasteiger partial charge in [-0.25, -0.2) is 0 Å². The quantitative estimate of drug-likeness (QED) is 0.444. The highest BCUT2D eigenvalue weighted by Crippen LogP contribution is 2.59. The maximum atomic E-state index is 12.2. The Morgan fingerprint density at radius 1 is 1.31 bits per heavy atom. The van der Waals surface area contributed by atoms with Gasteiger partial charge in [-0.3, -0.25) is 4.79 Å². The Labute approximate surface area is 183 Å². The summed E-state index contributed by atoms with van der Waals surface area (Å²) < 4.78 is 0. The summed E-state index contributed by atoms with van der Waals surface area (Å²) in [6.07, 6.45) is 14.7. The molecule has 6 atom stereocenters. The van der Waals surface area contributed by atoms with Gasteiger partial charge < -0.3 is 5.11 Å². The van der Waals surface area contributed by atoms with Crippen LogP contribution in [-0.4, -0.2) is 28.0 Å². The minimum absolute atomic E-state index is 0.207. The second-order valence-corrected chi connectivity index (χ2v) is 11.8. The molecule has 0 spiro atoms. The van der Waals surface area contributed by atoms with Crippen molar-refractivity contribution in [2.75, 3.05) is 6.61 Å². The minimum Gasteiger partial charge on any atom is -0.392 e. The van der Waals surface area contributed by atoms with Gasteiger partial charge in [0, 0.05) is 22.3 Å². The summed E-state index contributed by atoms with van der Waals surface area (Å²) in [6, 6.07) is 0. The lowest BCUT2D eigenvalue weighted by Crippen LogP contribution is -2.32. The Morgan fingerprint density at radius 2 is 2.07 bits per heavy atom. The highest BCUT2D eigenvalue weighted by atomic mass is 32.2. The molecule has 2 aliphatic carbocycles. The Morgan fingerprint density at radius 3 is 2.72 bits per heavy atom. The van der Waals surface area contributed by atoms with E-state index in [-0.39, 0.29) is 12.0 Å². The monoisotopic (exact) mass is 418 g/mol. The molecule has 164 valence electrons. The largest absolute Gasteiger partial charge is 0.392 e. The molecule has 1 aliphatic heterocycles. The number of hydrogen-bond donors (Lipinski definition) is 1. The topological polar surface area (TPSA) is 37.3 Å². The number of thioether (sulfide) groups is 1. The van der Waals surface area contributed by atoms with Crippen molar-refractivity contribution in [1.82, 2.24) is 0 Å². The molecule has 3 rings (SSSR count). The van der Waals surface area contributed by atoms with E-state index < -0.39 is 0 Å². The first kappa shape index (κ1) is 23.1. The average molecular weight is 419 g/mol. The molecule has 0 radical (unpaired) electrons. The summed E-state index contributed by atoms with van der Waals surface area (Å²) >= 11 is 2.12. The first-order valence-corrected chi connectivity index (χ1v) is 12.9. The summed E-state index contributed by atoms with van der Waals surface area (Å²) in [5, 5.41) is 11.1. The predicted molar refractivity (Wildman–Crippen MR) is 125 cm³/mol. The number of fused-ring (bicyclic) bond motifs is 1. The van der Waals surface area contributed by atoms with Crippen LogP contribution in [0.5, 0.6) is 0 Å². The van der Waals surface area contributed by atoms with Crippen LogP contribution in [0.1, 0.15) is 92.4 Å². The van der Waals surface area contributed by atoms with Crippen LogP contribution in [0, 0.1) is 22.7 Å². The molecule has 1 saturated heterocycles. The van der Waals surface area contributed by atoms with Crippen molar-refractivity contribution in [2.24, 2.45) is 22.7 Å². The number of rotatable bonds is 8. The van der Waals surface area contributed by atoms with Crippen molar-refractivity contribution in [3.8, 4) is 0 Å². The average Bonchev–Trinajstić information content (AvgIpc) is 3.15. The molecule has 0 aromatic rings. The third kappa shape index (κ3) is 4.28. The summed E-state index contributed by atoms with van der Waals surface area (Å²) in [5.74, 6) is 1.60. The molecule has 2 fully saturated rings. The standard InChI is InChI=1S/C26H42O2S/c1-6-8-14-26(5)20(9-11-22(26)19(7-2)17-27)10-12-24-23-16-21(28)13-15-25(23,4)18(3)29-24/h7,16,18,20,22,24,27H,6,8-15,17H2,1-5H3/b19-7-/t18?,20?,22?,24-,25-,26+/m1/s1. The van der Waals surface area contributed by atoms with Crippen LogP contribution in [0.25, 0.3) is 0 Å². The van der Waals surface area contributed by atoms with Crippen LogP contribution in [-0.2, 0) is 4.79 Å². The number of aliphatic hydroxyl groups excluding tert-OH is 1. The van der Waals surface area contributed by atoms with E-state index in [9.17, 15) is 9.90 Å². The smallest absolute Gasteiger partial charge is 0.155 e. The molecule has 1 N–H and O–H groups in total. The summed E-state index contributed by atoms with van der Waals surface area (Å²) in [7, 11) is 0. The fourth-order valence-corrected chi connectivity index (χ4v) is 8.42. The third-order valence-corrected chi connectivity index (χ3v) is 10.6. The fraction of sp³-hybridized carbons (Fsp3) is 0.808. The van der Waals surface area contributed by atoms with Gasteiger partial charge >= 0.3 is 0 Å². The predicted octanol–water partition coefficient (Wildman–Crippen LogP) is 6.73. The highest BCUT2D eigenvalue weighted by molar-refractivity contribution is 8.01. The number of ketones is 1. The molecule has 0 aromatic heterocycles. The molecule has 0 aromatic carbocycles. The number of carbonyl (C=O) groups is 1. The summed E-state index contributed by atoms with van der Waals surface area (Å²) in [6.45, 7) is 11.8. The van der Waals surface area contributed by atoms with Crippen molar-refractivity contribution in [2.45, 2.75) is 103 Å². The van der Waals surface area contributed by atoms with Crippen LogP contribution < -0.4 is 0 Å². The Kier molecular flexibility index (Phi) is 7.42. The van der Waals surface area contributed by atoms with Crippen molar-refractivity contribution >= 4 is 17.5 Å². The molecule has 3 aliphatic rings. The number of carbonyl (C=O) groups excluding carboxylic acids is 1. The number of aliphatic hydroxyl groups is 1. The molecule has 2 nitrogen and oxygen atoms in total. The minimum atomic E-state index is 0.207. The molecule has 1 heterocycles. The first-order chi connectivity index (χ1) is 13.8. The lowest BCUT2D eigenvalue weighted by molar-refractivity contribution is -0.115. The highest BCUT2D eigenvalue weighted by Gasteiger charge is 2.50. The Bertz CT molecular complexity index is 666. The van der Waals surface area contributed by atoms with Gasteiger partial charge in [-0.1, -0.05) is 46.6 Å². The molecule has 3 heteroatoms. The van der Waals surface area contributed by atoms with Crippen molar-refractivity contribution in [3.05, 3.63) is 23.3 Å². The van der Waals surface area contributed by atoms with E-state index in [1.807, 2.05) is 6.08 Å². The lowest BCUT2D eigenvalue weighted by Gasteiger charge is -2.39. The number of allylic oxidation sites excluding steroid dienone is 2. The third-order valence-electron chi connectivity index (χ3n) is 8.86. The summed E-state index contributed by atoms with van der Waals surface area (Å²) in [5.41, 5.74) is 3.22. The number of unbranched alkanes of at least 4 members (excludes halogenated alkanes) is 1. The Balaban J connectivity index is 1.74. The zero-order valence-corrected chi connectivity index (χ0v) is 20.1. The number of hydrogen-bond acceptors (Lipinski definition) is 3. The molecular weight excluding hydrogens is 376 g/mol. The zero-order valence-electron chi connectivity index (χ0n) is 19.3. The van der Waals surface area contributed by atoms with Crippen molar-refractivity contribution in [3.63, 3.8) is 0 Å². The molecule has 1 saturated carbocycles. The molecule has 0 amide bonds. The van der Waals surface area contributed by atoms with E-state index in [4.69, 9.17) is 0 Å². The van der Waals surface area contributed by atoms with Gasteiger partial charge in [-0.15, -0.1) is 0 Å². The second-order valence-electron chi connectivity index (χ2n) is 10.3. The summed E-state index contributed by atoms with van der Waals surface area (Å²) in [4.78, 5) is 12.2. The van der Waals surface area contributed by atoms with Gasteiger partial charge in [0.2, 0.25) is 0 Å². The van der Waals surface area contributed by atoms with Gasteiger partial charge in [-0.2, -0.15) is 11.8 Å². The molecule has 0 bridgehead atoms. The molecule has 3 unspecified atom stereocenters.